The molecule has 20 heavy (non-hydrogen) atoms. The normalized spacial score (nSPS) is 10.3. The number of aromatic nitrogens is 2. The molecule has 0 radical (unpaired) electrons. The summed E-state index contributed by atoms with van der Waals surface area (Å²) in [7, 11) is 0. The monoisotopic (exact) mass is 269 g/mol. The molecule has 1 aromatic heterocycles. The van der Waals surface area contributed by atoms with Crippen molar-refractivity contribution in [2.75, 3.05) is 6.61 Å². The van der Waals surface area contributed by atoms with Gasteiger partial charge in [-0.1, -0.05) is 13.8 Å². The van der Waals surface area contributed by atoms with Gasteiger partial charge in [-0.15, -0.1) is 0 Å². The van der Waals surface area contributed by atoms with E-state index >= 15 is 0 Å². The number of ether oxygens (including phenoxy) is 1. The standard InChI is InChI=1S/C15H15N3O2/c1-10(2)9-20-13-4-3-11(7-12(13)8-16)15-17-6-5-14(19)18-15/h3-7,10H,9H2,1-2H3,(H,17,18,19). The van der Waals surface area contributed by atoms with Crippen molar-refractivity contribution in [2.45, 2.75) is 13.8 Å². The third-order valence-electron chi connectivity index (χ3n) is 2.62. The average Bonchev–Trinajstić information content (AvgIpc) is 2.44. The van der Waals surface area contributed by atoms with E-state index in [9.17, 15) is 10.1 Å². The van der Waals surface area contributed by atoms with Gasteiger partial charge in [-0.2, -0.15) is 5.26 Å². The number of nitrogens with zero attached hydrogens (tertiary/aromatic N) is 2. The molecule has 0 saturated carbocycles. The van der Waals surface area contributed by atoms with Crippen molar-refractivity contribution in [1.82, 2.24) is 9.97 Å². The second kappa shape index (κ2) is 6.02. The van der Waals surface area contributed by atoms with Crippen molar-refractivity contribution < 1.29 is 4.74 Å². The average molecular weight is 269 g/mol. The summed E-state index contributed by atoms with van der Waals surface area (Å²) in [5.74, 6) is 1.36. The summed E-state index contributed by atoms with van der Waals surface area (Å²) in [6.45, 7) is 4.63. The van der Waals surface area contributed by atoms with Crippen LogP contribution in [-0.2, 0) is 0 Å². The van der Waals surface area contributed by atoms with Gasteiger partial charge in [0.2, 0.25) is 0 Å². The summed E-state index contributed by atoms with van der Waals surface area (Å²) < 4.78 is 5.59. The molecular formula is C15H15N3O2. The summed E-state index contributed by atoms with van der Waals surface area (Å²) in [6, 6.07) is 8.60. The number of nitriles is 1. The number of hydrogen-bond acceptors (Lipinski definition) is 4. The minimum Gasteiger partial charge on any atom is -0.492 e. The lowest BCUT2D eigenvalue weighted by Gasteiger charge is -2.11. The van der Waals surface area contributed by atoms with Gasteiger partial charge in [0.05, 0.1) is 12.2 Å². The Balaban J connectivity index is 2.35. The third kappa shape index (κ3) is 3.23. The van der Waals surface area contributed by atoms with Gasteiger partial charge in [0.25, 0.3) is 5.56 Å². The first-order chi connectivity index (χ1) is 9.60. The van der Waals surface area contributed by atoms with Gasteiger partial charge in [0.15, 0.2) is 0 Å². The van der Waals surface area contributed by atoms with Crippen LogP contribution in [0.15, 0.2) is 35.3 Å². The predicted molar refractivity (Wildman–Crippen MR) is 75.3 cm³/mol. The molecule has 0 unspecified atom stereocenters. The van der Waals surface area contributed by atoms with Gasteiger partial charge in [-0.3, -0.25) is 4.79 Å². The van der Waals surface area contributed by atoms with Crippen LogP contribution in [0.25, 0.3) is 11.4 Å². The first-order valence-electron chi connectivity index (χ1n) is 6.33. The van der Waals surface area contributed by atoms with Gasteiger partial charge in [-0.05, 0) is 24.1 Å². The van der Waals surface area contributed by atoms with Crippen LogP contribution in [0, 0.1) is 17.2 Å². The largest absolute Gasteiger partial charge is 0.492 e. The SMILES string of the molecule is CC(C)COc1ccc(-c2nccc(=O)[nH]2)cc1C#N. The van der Waals surface area contributed by atoms with E-state index in [0.717, 1.165) is 0 Å². The van der Waals surface area contributed by atoms with Crippen LogP contribution >= 0.6 is 0 Å². The van der Waals surface area contributed by atoms with Crippen molar-refractivity contribution >= 4 is 0 Å². The number of rotatable bonds is 4. The molecule has 1 N–H and O–H groups in total. The molecule has 0 saturated heterocycles. The Morgan fingerprint density at radius 2 is 2.20 bits per heavy atom. The Morgan fingerprint density at radius 3 is 2.85 bits per heavy atom. The number of hydrogen-bond donors (Lipinski definition) is 1. The summed E-state index contributed by atoms with van der Waals surface area (Å²) >= 11 is 0. The minimum absolute atomic E-state index is 0.228. The highest BCUT2D eigenvalue weighted by Crippen LogP contribution is 2.24. The lowest BCUT2D eigenvalue weighted by atomic mass is 10.1. The summed E-state index contributed by atoms with van der Waals surface area (Å²) in [5, 5.41) is 9.19. The highest BCUT2D eigenvalue weighted by atomic mass is 16.5. The molecule has 0 aliphatic carbocycles. The molecule has 2 rings (SSSR count). The topological polar surface area (TPSA) is 78.8 Å². The lowest BCUT2D eigenvalue weighted by Crippen LogP contribution is -2.07. The molecule has 0 spiro atoms. The van der Waals surface area contributed by atoms with E-state index in [0.29, 0.717) is 35.2 Å². The Morgan fingerprint density at radius 1 is 1.40 bits per heavy atom. The second-order valence-electron chi connectivity index (χ2n) is 4.81. The zero-order valence-corrected chi connectivity index (χ0v) is 11.4. The highest BCUT2D eigenvalue weighted by Gasteiger charge is 2.08. The van der Waals surface area contributed by atoms with Crippen LogP contribution in [-0.4, -0.2) is 16.6 Å². The van der Waals surface area contributed by atoms with E-state index in [4.69, 9.17) is 4.74 Å². The lowest BCUT2D eigenvalue weighted by molar-refractivity contribution is 0.270. The van der Waals surface area contributed by atoms with E-state index in [2.05, 4.69) is 16.0 Å². The second-order valence-corrected chi connectivity index (χ2v) is 4.81. The zero-order valence-electron chi connectivity index (χ0n) is 11.4. The minimum atomic E-state index is -0.228. The van der Waals surface area contributed by atoms with E-state index < -0.39 is 0 Å². The third-order valence-corrected chi connectivity index (χ3v) is 2.62. The van der Waals surface area contributed by atoms with Gasteiger partial charge < -0.3 is 9.72 Å². The van der Waals surface area contributed by atoms with E-state index in [1.807, 2.05) is 13.8 Å². The molecular weight excluding hydrogens is 254 g/mol. The fourth-order valence-electron chi connectivity index (χ4n) is 1.66. The maximum absolute atomic E-state index is 11.3. The van der Waals surface area contributed by atoms with Crippen LogP contribution in [0.3, 0.4) is 0 Å². The van der Waals surface area contributed by atoms with E-state index in [1.165, 1.54) is 12.3 Å². The summed E-state index contributed by atoms with van der Waals surface area (Å²) in [5.41, 5.74) is 0.874. The van der Waals surface area contributed by atoms with Crippen molar-refractivity contribution in [3.63, 3.8) is 0 Å². The first-order valence-corrected chi connectivity index (χ1v) is 6.33. The fraction of sp³-hybridized carbons (Fsp3) is 0.267. The van der Waals surface area contributed by atoms with E-state index in [1.54, 1.807) is 18.2 Å². The summed E-state index contributed by atoms with van der Waals surface area (Å²) in [6.07, 6.45) is 1.43. The molecule has 2 aromatic rings. The molecule has 1 aromatic carbocycles. The van der Waals surface area contributed by atoms with Crippen molar-refractivity contribution in [3.8, 4) is 23.2 Å². The van der Waals surface area contributed by atoms with E-state index in [-0.39, 0.29) is 5.56 Å². The Labute approximate surface area is 116 Å². The molecule has 5 nitrogen and oxygen atoms in total. The quantitative estimate of drug-likeness (QED) is 0.924. The van der Waals surface area contributed by atoms with Gasteiger partial charge in [0, 0.05) is 17.8 Å². The first kappa shape index (κ1) is 13.8. The van der Waals surface area contributed by atoms with Crippen LogP contribution < -0.4 is 10.3 Å². The Kier molecular flexibility index (Phi) is 4.16. The smallest absolute Gasteiger partial charge is 0.251 e. The highest BCUT2D eigenvalue weighted by molar-refractivity contribution is 5.61. The molecule has 0 amide bonds. The van der Waals surface area contributed by atoms with Gasteiger partial charge in [-0.25, -0.2) is 4.98 Å². The fourth-order valence-corrected chi connectivity index (χ4v) is 1.66. The van der Waals surface area contributed by atoms with Gasteiger partial charge >= 0.3 is 0 Å². The molecule has 0 aliphatic rings. The zero-order chi connectivity index (χ0) is 14.5. The molecule has 0 bridgehead atoms. The molecule has 0 atom stereocenters. The molecule has 1 heterocycles. The van der Waals surface area contributed by atoms with Crippen LogP contribution in [0.1, 0.15) is 19.4 Å². The maximum Gasteiger partial charge on any atom is 0.251 e. The molecule has 0 fully saturated rings. The molecule has 5 heteroatoms. The van der Waals surface area contributed by atoms with Crippen LogP contribution in [0.2, 0.25) is 0 Å². The molecule has 102 valence electrons. The number of nitrogens with one attached hydrogen (secondary N) is 1. The van der Waals surface area contributed by atoms with Crippen LogP contribution in [0.5, 0.6) is 5.75 Å². The maximum atomic E-state index is 11.3. The summed E-state index contributed by atoms with van der Waals surface area (Å²) in [4.78, 5) is 18.0. The van der Waals surface area contributed by atoms with Crippen LogP contribution in [0.4, 0.5) is 0 Å². The van der Waals surface area contributed by atoms with Crippen molar-refractivity contribution in [2.24, 2.45) is 5.92 Å². The van der Waals surface area contributed by atoms with Gasteiger partial charge in [0.1, 0.15) is 17.6 Å². The Bertz CT molecular complexity index is 699. The van der Waals surface area contributed by atoms with Crippen molar-refractivity contribution in [1.29, 1.82) is 5.26 Å². The van der Waals surface area contributed by atoms with Crippen molar-refractivity contribution in [3.05, 3.63) is 46.4 Å². The number of benzene rings is 1. The number of aromatic amines is 1. The Hall–Kier alpha value is -2.61. The number of H-pyrrole nitrogens is 1. The predicted octanol–water partition coefficient (Wildman–Crippen LogP) is 2.34. The molecule has 0 aliphatic heterocycles.